The second-order valence-electron chi connectivity index (χ2n) is 8.26. The van der Waals surface area contributed by atoms with Crippen LogP contribution in [0.3, 0.4) is 0 Å². The lowest BCUT2D eigenvalue weighted by atomic mass is 9.83. The third-order valence-electron chi connectivity index (χ3n) is 5.85. The highest BCUT2D eigenvalue weighted by molar-refractivity contribution is 6.00. The molecular formula is C26H28N2O3. The fourth-order valence-electron chi connectivity index (χ4n) is 4.38. The maximum Gasteiger partial charge on any atom is 0.336 e. The van der Waals surface area contributed by atoms with Gasteiger partial charge in [0.15, 0.2) is 0 Å². The molecule has 0 amide bonds. The van der Waals surface area contributed by atoms with E-state index in [-0.39, 0.29) is 11.6 Å². The van der Waals surface area contributed by atoms with Crippen molar-refractivity contribution in [3.8, 4) is 5.75 Å². The second kappa shape index (κ2) is 8.08. The Morgan fingerprint density at radius 3 is 2.58 bits per heavy atom. The summed E-state index contributed by atoms with van der Waals surface area (Å²) in [5, 5.41) is 13.3. The van der Waals surface area contributed by atoms with Crippen LogP contribution >= 0.6 is 0 Å². The minimum atomic E-state index is -0.939. The first-order valence-corrected chi connectivity index (χ1v) is 10.5. The Bertz CT molecular complexity index is 1160. The van der Waals surface area contributed by atoms with E-state index >= 15 is 0 Å². The highest BCUT2D eigenvalue weighted by Crippen LogP contribution is 2.46. The number of hydrogen-bond donors (Lipinski definition) is 2. The Balaban J connectivity index is 2.04. The predicted octanol–water partition coefficient (Wildman–Crippen LogP) is 5.09. The average molecular weight is 417 g/mol. The van der Waals surface area contributed by atoms with Crippen LogP contribution in [-0.4, -0.2) is 42.7 Å². The molecule has 0 spiro atoms. The number of nitrogens with zero attached hydrogens (tertiary/aromatic N) is 1. The van der Waals surface area contributed by atoms with Gasteiger partial charge in [0, 0.05) is 35.0 Å². The van der Waals surface area contributed by atoms with E-state index < -0.39 is 5.97 Å². The van der Waals surface area contributed by atoms with Gasteiger partial charge < -0.3 is 15.2 Å². The highest BCUT2D eigenvalue weighted by Gasteiger charge is 2.31. The molecule has 0 fully saturated rings. The number of fused-ring (bicyclic) bond motifs is 2. The molecule has 0 saturated carbocycles. The average Bonchev–Trinajstić information content (AvgIpc) is 2.72. The molecule has 160 valence electrons. The monoisotopic (exact) mass is 416 g/mol. The first-order chi connectivity index (χ1) is 14.8. The van der Waals surface area contributed by atoms with Crippen LogP contribution in [0.4, 0.5) is 5.69 Å². The fraction of sp³-hybridized carbons (Fsp3) is 0.269. The SMILES string of the molecule is CCNc1cc2c(cc1C)C(c1ccccc1C(=O)O)=C1C=C(C)C(N(C)C)C=C1O2. The van der Waals surface area contributed by atoms with Gasteiger partial charge in [0.1, 0.15) is 11.5 Å². The number of anilines is 1. The molecule has 2 aliphatic rings. The molecule has 2 aromatic carbocycles. The molecule has 0 aromatic heterocycles. The number of carboxylic acids is 1. The molecule has 0 bridgehead atoms. The zero-order valence-electron chi connectivity index (χ0n) is 18.6. The Morgan fingerprint density at radius 1 is 1.16 bits per heavy atom. The second-order valence-corrected chi connectivity index (χ2v) is 8.26. The van der Waals surface area contributed by atoms with Crippen LogP contribution < -0.4 is 10.1 Å². The molecule has 2 aromatic rings. The Labute approximate surface area is 183 Å². The molecule has 2 N–H and O–H groups in total. The quantitative estimate of drug-likeness (QED) is 0.711. The minimum Gasteiger partial charge on any atom is -0.478 e. The number of allylic oxidation sites excluding steroid dienone is 1. The van der Waals surface area contributed by atoms with Gasteiger partial charge in [-0.3, -0.25) is 4.90 Å². The zero-order chi connectivity index (χ0) is 22.3. The van der Waals surface area contributed by atoms with E-state index in [9.17, 15) is 9.90 Å². The lowest BCUT2D eigenvalue weighted by molar-refractivity contribution is 0.0696. The fourth-order valence-corrected chi connectivity index (χ4v) is 4.38. The number of carbonyl (C=O) groups is 1. The molecule has 5 nitrogen and oxygen atoms in total. The van der Waals surface area contributed by atoms with E-state index in [1.807, 2.05) is 32.3 Å². The van der Waals surface area contributed by atoms with Crippen molar-refractivity contribution < 1.29 is 14.6 Å². The number of likely N-dealkylation sites (N-methyl/N-ethyl adjacent to an activating group) is 1. The summed E-state index contributed by atoms with van der Waals surface area (Å²) in [5.41, 5.74) is 7.00. The largest absolute Gasteiger partial charge is 0.478 e. The Morgan fingerprint density at radius 2 is 1.90 bits per heavy atom. The molecule has 0 radical (unpaired) electrons. The van der Waals surface area contributed by atoms with Crippen molar-refractivity contribution in [2.45, 2.75) is 26.8 Å². The van der Waals surface area contributed by atoms with Crippen molar-refractivity contribution in [1.29, 1.82) is 0 Å². The van der Waals surface area contributed by atoms with E-state index in [1.54, 1.807) is 12.1 Å². The normalized spacial score (nSPS) is 17.4. The van der Waals surface area contributed by atoms with Crippen molar-refractivity contribution >= 4 is 17.2 Å². The summed E-state index contributed by atoms with van der Waals surface area (Å²) in [6.07, 6.45) is 4.24. The molecular weight excluding hydrogens is 388 g/mol. The maximum absolute atomic E-state index is 12.0. The molecule has 0 saturated heterocycles. The third kappa shape index (κ3) is 3.66. The number of carboxylic acid groups (broad SMARTS) is 1. The maximum atomic E-state index is 12.0. The van der Waals surface area contributed by atoms with Crippen LogP contribution in [0.5, 0.6) is 5.75 Å². The minimum absolute atomic E-state index is 0.120. The summed E-state index contributed by atoms with van der Waals surface area (Å²) in [7, 11) is 4.08. The molecule has 1 unspecified atom stereocenters. The van der Waals surface area contributed by atoms with Crippen LogP contribution in [-0.2, 0) is 0 Å². The standard InChI is InChI=1S/C26H28N2O3/c1-6-27-21-13-23-19(11-15(21)2)25(17-9-7-8-10-18(17)26(29)30)20-12-16(3)22(28(4)5)14-24(20)31-23/h7-14,22,27H,6H2,1-5H3,(H,29,30). The van der Waals surface area contributed by atoms with Crippen molar-refractivity contribution in [3.05, 3.63) is 87.7 Å². The summed E-state index contributed by atoms with van der Waals surface area (Å²) in [6.45, 7) is 7.02. The van der Waals surface area contributed by atoms with E-state index in [0.717, 1.165) is 46.0 Å². The summed E-state index contributed by atoms with van der Waals surface area (Å²) in [6, 6.07) is 11.4. The van der Waals surface area contributed by atoms with E-state index in [1.165, 1.54) is 5.57 Å². The van der Waals surface area contributed by atoms with Gasteiger partial charge in [0.05, 0.1) is 11.6 Å². The van der Waals surface area contributed by atoms with Gasteiger partial charge >= 0.3 is 5.97 Å². The highest BCUT2D eigenvalue weighted by atomic mass is 16.5. The molecule has 4 rings (SSSR count). The number of rotatable bonds is 5. The topological polar surface area (TPSA) is 61.8 Å². The first-order valence-electron chi connectivity index (χ1n) is 10.5. The molecule has 1 aliphatic carbocycles. The number of hydrogen-bond acceptors (Lipinski definition) is 4. The van der Waals surface area contributed by atoms with Crippen LogP contribution in [0.1, 0.15) is 40.9 Å². The molecule has 1 heterocycles. The molecule has 5 heteroatoms. The van der Waals surface area contributed by atoms with Crippen molar-refractivity contribution in [3.63, 3.8) is 0 Å². The van der Waals surface area contributed by atoms with E-state index in [4.69, 9.17) is 4.74 Å². The molecule has 31 heavy (non-hydrogen) atoms. The molecule has 1 atom stereocenters. The van der Waals surface area contributed by atoms with Crippen LogP contribution in [0.15, 0.2) is 65.5 Å². The van der Waals surface area contributed by atoms with Gasteiger partial charge in [0.25, 0.3) is 0 Å². The molecule has 1 aliphatic heterocycles. The van der Waals surface area contributed by atoms with Crippen molar-refractivity contribution in [1.82, 2.24) is 4.90 Å². The van der Waals surface area contributed by atoms with E-state index in [0.29, 0.717) is 5.56 Å². The smallest absolute Gasteiger partial charge is 0.336 e. The van der Waals surface area contributed by atoms with Crippen molar-refractivity contribution in [2.24, 2.45) is 0 Å². The Hall–Kier alpha value is -3.31. The van der Waals surface area contributed by atoms with Gasteiger partial charge in [-0.2, -0.15) is 0 Å². The third-order valence-corrected chi connectivity index (χ3v) is 5.85. The first kappa shape index (κ1) is 20.9. The summed E-state index contributed by atoms with van der Waals surface area (Å²) in [5.74, 6) is 0.557. The van der Waals surface area contributed by atoms with Crippen LogP contribution in [0, 0.1) is 6.92 Å². The van der Waals surface area contributed by atoms with Gasteiger partial charge in [0.2, 0.25) is 0 Å². The van der Waals surface area contributed by atoms with Gasteiger partial charge in [-0.15, -0.1) is 0 Å². The summed E-state index contributed by atoms with van der Waals surface area (Å²) < 4.78 is 6.40. The number of ether oxygens (including phenoxy) is 1. The van der Waals surface area contributed by atoms with E-state index in [2.05, 4.69) is 49.2 Å². The summed E-state index contributed by atoms with van der Waals surface area (Å²) >= 11 is 0. The zero-order valence-corrected chi connectivity index (χ0v) is 18.6. The van der Waals surface area contributed by atoms with Gasteiger partial charge in [-0.05, 0) is 70.3 Å². The lowest BCUT2D eigenvalue weighted by Gasteiger charge is -2.33. The van der Waals surface area contributed by atoms with Crippen LogP contribution in [0.25, 0.3) is 5.57 Å². The number of aryl methyl sites for hydroxylation is 1. The predicted molar refractivity (Wildman–Crippen MR) is 125 cm³/mol. The summed E-state index contributed by atoms with van der Waals surface area (Å²) in [4.78, 5) is 14.2. The number of benzene rings is 2. The number of aromatic carboxylic acids is 1. The Kier molecular flexibility index (Phi) is 5.46. The lowest BCUT2D eigenvalue weighted by Crippen LogP contribution is -2.30. The van der Waals surface area contributed by atoms with Crippen LogP contribution in [0.2, 0.25) is 0 Å². The number of nitrogens with one attached hydrogen (secondary N) is 1. The van der Waals surface area contributed by atoms with Gasteiger partial charge in [-0.25, -0.2) is 4.79 Å². The van der Waals surface area contributed by atoms with Crippen molar-refractivity contribution in [2.75, 3.05) is 26.0 Å². The van der Waals surface area contributed by atoms with Gasteiger partial charge in [-0.1, -0.05) is 23.8 Å².